The van der Waals surface area contributed by atoms with Gasteiger partial charge < -0.3 is 14.9 Å². The summed E-state index contributed by atoms with van der Waals surface area (Å²) < 4.78 is 5.43. The van der Waals surface area contributed by atoms with Gasteiger partial charge in [0.25, 0.3) is 0 Å². The van der Waals surface area contributed by atoms with E-state index in [1.807, 2.05) is 0 Å². The third-order valence-corrected chi connectivity index (χ3v) is 2.52. The molecule has 0 aliphatic rings. The molecule has 0 spiro atoms. The number of carbonyl (C=O) groups excluding carboxylic acids is 1. The highest BCUT2D eigenvalue weighted by Gasteiger charge is 2.16. The Bertz CT molecular complexity index is 632. The summed E-state index contributed by atoms with van der Waals surface area (Å²) in [6.07, 6.45) is 1.13. The molecule has 0 bridgehead atoms. The van der Waals surface area contributed by atoms with Crippen LogP contribution < -0.4 is 4.74 Å². The third kappa shape index (κ3) is 2.57. The van der Waals surface area contributed by atoms with Crippen LogP contribution in [0.5, 0.6) is 23.0 Å². The number of para-hydroxylation sites is 3. The van der Waals surface area contributed by atoms with Crippen molar-refractivity contribution < 1.29 is 19.7 Å². The largest absolute Gasteiger partial charge is 0.504 e. The van der Waals surface area contributed by atoms with Crippen LogP contribution in [0.2, 0.25) is 0 Å². The number of benzene rings is 2. The van der Waals surface area contributed by atoms with Crippen LogP contribution in [-0.2, 0) is 0 Å². The first-order valence-corrected chi connectivity index (χ1v) is 5.58. The maximum Gasteiger partial charge on any atom is 0.189 e. The number of carbonyl (C=O) groups is 1. The number of phenolic OH excluding ortho intramolecular Hbond substituents is 2. The van der Waals surface area contributed by atoms with Crippen LogP contribution in [0.4, 0.5) is 0 Å². The van der Waals surface area contributed by atoms with Gasteiger partial charge in [0, 0.05) is 0 Å². The van der Waals surface area contributed by atoms with E-state index in [1.165, 1.54) is 30.3 Å². The number of aromatic hydroxyl groups is 2. The van der Waals surface area contributed by atoms with E-state index < -0.39 is 0 Å². The Hall–Kier alpha value is -2.75. The molecule has 0 unspecified atom stereocenters. The zero-order valence-corrected chi connectivity index (χ0v) is 10.0. The summed E-state index contributed by atoms with van der Waals surface area (Å²) >= 11 is 0. The molecule has 0 saturated carbocycles. The number of ether oxygens (including phenoxy) is 1. The molecule has 0 aliphatic heterocycles. The second-order valence-electron chi connectivity index (χ2n) is 3.79. The molecule has 4 heteroatoms. The van der Waals surface area contributed by atoms with Crippen molar-refractivity contribution in [1.29, 1.82) is 0 Å². The van der Waals surface area contributed by atoms with Gasteiger partial charge in [0.2, 0.25) is 0 Å². The Morgan fingerprint density at radius 3 is 2.42 bits per heavy atom. The highest BCUT2D eigenvalue weighted by atomic mass is 16.5. The first-order chi connectivity index (χ1) is 9.13. The number of phenols is 2. The van der Waals surface area contributed by atoms with Gasteiger partial charge in [-0.15, -0.1) is 0 Å². The Morgan fingerprint density at radius 1 is 1.05 bits per heavy atom. The van der Waals surface area contributed by atoms with E-state index in [-0.39, 0.29) is 34.3 Å². The summed E-state index contributed by atoms with van der Waals surface area (Å²) in [7, 11) is 0. The van der Waals surface area contributed by atoms with Gasteiger partial charge in [-0.1, -0.05) is 24.8 Å². The average Bonchev–Trinajstić information content (AvgIpc) is 2.42. The van der Waals surface area contributed by atoms with Crippen LogP contribution in [0.1, 0.15) is 10.4 Å². The van der Waals surface area contributed by atoms with Crippen molar-refractivity contribution in [3.8, 4) is 23.0 Å². The quantitative estimate of drug-likeness (QED) is 0.651. The number of rotatable bonds is 4. The van der Waals surface area contributed by atoms with Gasteiger partial charge in [-0.3, -0.25) is 4.79 Å². The maximum absolute atomic E-state index is 11.7. The monoisotopic (exact) mass is 256 g/mol. The normalized spacial score (nSPS) is 9.89. The van der Waals surface area contributed by atoms with Crippen LogP contribution >= 0.6 is 0 Å². The van der Waals surface area contributed by atoms with E-state index >= 15 is 0 Å². The molecule has 0 saturated heterocycles. The van der Waals surface area contributed by atoms with Crippen molar-refractivity contribution in [2.24, 2.45) is 0 Å². The van der Waals surface area contributed by atoms with Crippen molar-refractivity contribution >= 4 is 5.78 Å². The molecule has 0 amide bonds. The molecule has 4 nitrogen and oxygen atoms in total. The molecule has 19 heavy (non-hydrogen) atoms. The molecule has 0 radical (unpaired) electrons. The highest BCUT2D eigenvalue weighted by Crippen LogP contribution is 2.37. The van der Waals surface area contributed by atoms with E-state index in [2.05, 4.69) is 6.58 Å². The average molecular weight is 256 g/mol. The summed E-state index contributed by atoms with van der Waals surface area (Å²) in [5.41, 5.74) is 0.179. The molecule has 0 heterocycles. The fraction of sp³-hybridized carbons (Fsp3) is 0. The molecule has 0 aromatic heterocycles. The Kier molecular flexibility index (Phi) is 3.52. The van der Waals surface area contributed by atoms with Gasteiger partial charge in [0.05, 0.1) is 5.56 Å². The van der Waals surface area contributed by atoms with E-state index in [4.69, 9.17) is 4.74 Å². The Morgan fingerprint density at radius 2 is 1.74 bits per heavy atom. The van der Waals surface area contributed by atoms with Crippen LogP contribution in [0, 0.1) is 0 Å². The molecule has 2 aromatic carbocycles. The summed E-state index contributed by atoms with van der Waals surface area (Å²) in [5, 5.41) is 19.4. The van der Waals surface area contributed by atoms with Crippen molar-refractivity contribution in [2.45, 2.75) is 0 Å². The van der Waals surface area contributed by atoms with E-state index in [9.17, 15) is 15.0 Å². The molecule has 96 valence electrons. The fourth-order valence-electron chi connectivity index (χ4n) is 1.59. The minimum atomic E-state index is -0.374. The zero-order valence-electron chi connectivity index (χ0n) is 10.0. The van der Waals surface area contributed by atoms with E-state index in [0.717, 1.165) is 6.08 Å². The van der Waals surface area contributed by atoms with Gasteiger partial charge in [0.15, 0.2) is 28.8 Å². The van der Waals surface area contributed by atoms with Crippen molar-refractivity contribution in [3.63, 3.8) is 0 Å². The smallest absolute Gasteiger partial charge is 0.189 e. The lowest BCUT2D eigenvalue weighted by Crippen LogP contribution is -1.98. The van der Waals surface area contributed by atoms with Gasteiger partial charge >= 0.3 is 0 Å². The summed E-state index contributed by atoms with van der Waals surface area (Å²) in [4.78, 5) is 11.7. The molecular weight excluding hydrogens is 244 g/mol. The molecule has 0 aliphatic carbocycles. The Balaban J connectivity index is 2.48. The topological polar surface area (TPSA) is 66.8 Å². The first-order valence-electron chi connectivity index (χ1n) is 5.58. The van der Waals surface area contributed by atoms with Gasteiger partial charge in [-0.2, -0.15) is 0 Å². The number of ketones is 1. The predicted molar refractivity (Wildman–Crippen MR) is 70.8 cm³/mol. The minimum absolute atomic E-state index is 0.00565. The lowest BCUT2D eigenvalue weighted by atomic mass is 10.1. The molecule has 2 aromatic rings. The second-order valence-corrected chi connectivity index (χ2v) is 3.79. The van der Waals surface area contributed by atoms with E-state index in [0.29, 0.717) is 0 Å². The maximum atomic E-state index is 11.7. The second kappa shape index (κ2) is 5.27. The SMILES string of the molecule is C=CC(=O)c1cccc(O)c1Oc1ccccc1O. The van der Waals surface area contributed by atoms with Gasteiger partial charge in [-0.05, 0) is 30.3 Å². The molecule has 2 rings (SSSR count). The van der Waals surface area contributed by atoms with Crippen LogP contribution in [0.25, 0.3) is 0 Å². The highest BCUT2D eigenvalue weighted by molar-refractivity contribution is 6.06. The third-order valence-electron chi connectivity index (χ3n) is 2.52. The standard InChI is InChI=1S/C15H12O4/c1-2-11(16)10-6-5-8-13(18)15(10)19-14-9-4-3-7-12(14)17/h2-9,17-18H,1H2. The molecule has 0 atom stereocenters. The lowest BCUT2D eigenvalue weighted by molar-refractivity contribution is 0.104. The molecule has 0 fully saturated rings. The lowest BCUT2D eigenvalue weighted by Gasteiger charge is -2.11. The van der Waals surface area contributed by atoms with Gasteiger partial charge in [0.1, 0.15) is 0 Å². The Labute approximate surface area is 110 Å². The van der Waals surface area contributed by atoms with Crippen LogP contribution in [0.15, 0.2) is 55.1 Å². The van der Waals surface area contributed by atoms with Gasteiger partial charge in [-0.25, -0.2) is 0 Å². The number of allylic oxidation sites excluding steroid dienone is 1. The predicted octanol–water partition coefficient (Wildman–Crippen LogP) is 3.26. The zero-order chi connectivity index (χ0) is 13.8. The minimum Gasteiger partial charge on any atom is -0.504 e. The summed E-state index contributed by atoms with van der Waals surface area (Å²) in [5.74, 6) is -0.490. The fourth-order valence-corrected chi connectivity index (χ4v) is 1.59. The summed E-state index contributed by atoms with van der Waals surface area (Å²) in [6.45, 7) is 3.40. The number of hydrogen-bond donors (Lipinski definition) is 2. The molecular formula is C15H12O4. The van der Waals surface area contributed by atoms with E-state index in [1.54, 1.807) is 12.1 Å². The van der Waals surface area contributed by atoms with Crippen LogP contribution in [0.3, 0.4) is 0 Å². The number of hydrogen-bond acceptors (Lipinski definition) is 4. The van der Waals surface area contributed by atoms with Crippen molar-refractivity contribution in [3.05, 3.63) is 60.7 Å². The molecule has 2 N–H and O–H groups in total. The summed E-state index contributed by atoms with van der Waals surface area (Å²) in [6, 6.07) is 10.7. The van der Waals surface area contributed by atoms with Crippen molar-refractivity contribution in [2.75, 3.05) is 0 Å². The van der Waals surface area contributed by atoms with Crippen LogP contribution in [-0.4, -0.2) is 16.0 Å². The first kappa shape index (κ1) is 12.7. The van der Waals surface area contributed by atoms with Crippen molar-refractivity contribution in [1.82, 2.24) is 0 Å².